The van der Waals surface area contributed by atoms with Crippen molar-refractivity contribution < 1.29 is 4.84 Å². The second kappa shape index (κ2) is 6.89. The van der Waals surface area contributed by atoms with Crippen LogP contribution in [0.5, 0.6) is 0 Å². The lowest BCUT2D eigenvalue weighted by Crippen LogP contribution is -2.22. The number of nitrogens with zero attached hydrogens (tertiary/aromatic N) is 3. The second-order valence-electron chi connectivity index (χ2n) is 6.95. The van der Waals surface area contributed by atoms with Gasteiger partial charge in [-0.05, 0) is 36.2 Å². The number of hydrogen-bond donors (Lipinski definition) is 1. The van der Waals surface area contributed by atoms with Gasteiger partial charge in [0.1, 0.15) is 10.3 Å². The molecule has 0 amide bonds. The van der Waals surface area contributed by atoms with E-state index in [9.17, 15) is 0 Å². The number of aryl methyl sites for hydroxylation is 1. The third kappa shape index (κ3) is 3.00. The molecular formula is C22H20N4OS. The highest BCUT2D eigenvalue weighted by Gasteiger charge is 2.29. The summed E-state index contributed by atoms with van der Waals surface area (Å²) in [5.74, 6) is 0. The third-order valence-corrected chi connectivity index (χ3v) is 5.90. The van der Waals surface area contributed by atoms with E-state index in [4.69, 9.17) is 15.6 Å². The fourth-order valence-electron chi connectivity index (χ4n) is 3.69. The van der Waals surface area contributed by atoms with Gasteiger partial charge < -0.3 is 5.73 Å². The summed E-state index contributed by atoms with van der Waals surface area (Å²) in [5, 5.41) is 2.60. The standard InChI is InChI=1S/C22H20N4OS/c1-14-7-8-16(17-9-10-18-21(24-17)28-22(23)25-18)13-20(14)26-19(11-12-27-26)15-5-3-2-4-6-15/h2-10,13,19H,11-12H2,1H3,(H2,23,25)/t19-/m0/s1. The summed E-state index contributed by atoms with van der Waals surface area (Å²) in [6.07, 6.45) is 0.970. The number of thiazole rings is 1. The molecule has 0 saturated carbocycles. The van der Waals surface area contributed by atoms with E-state index in [1.54, 1.807) is 0 Å². The van der Waals surface area contributed by atoms with Gasteiger partial charge in [0.25, 0.3) is 0 Å². The van der Waals surface area contributed by atoms with Crippen molar-refractivity contribution in [2.24, 2.45) is 0 Å². The number of pyridine rings is 1. The summed E-state index contributed by atoms with van der Waals surface area (Å²) in [6.45, 7) is 2.83. The summed E-state index contributed by atoms with van der Waals surface area (Å²) in [7, 11) is 0. The molecule has 2 aromatic carbocycles. The lowest BCUT2D eigenvalue weighted by atomic mass is 10.0. The van der Waals surface area contributed by atoms with Gasteiger partial charge in [-0.2, -0.15) is 0 Å². The first-order valence-corrected chi connectivity index (χ1v) is 10.1. The number of benzene rings is 2. The van der Waals surface area contributed by atoms with E-state index >= 15 is 0 Å². The zero-order chi connectivity index (χ0) is 19.1. The van der Waals surface area contributed by atoms with Gasteiger partial charge in [-0.1, -0.05) is 53.8 Å². The molecule has 140 valence electrons. The van der Waals surface area contributed by atoms with Crippen LogP contribution in [0.4, 0.5) is 10.8 Å². The maximum Gasteiger partial charge on any atom is 0.182 e. The number of aromatic nitrogens is 2. The number of rotatable bonds is 3. The highest BCUT2D eigenvalue weighted by molar-refractivity contribution is 7.21. The van der Waals surface area contributed by atoms with Crippen molar-refractivity contribution in [3.63, 3.8) is 0 Å². The van der Waals surface area contributed by atoms with E-state index < -0.39 is 0 Å². The Hall–Kier alpha value is -2.96. The van der Waals surface area contributed by atoms with E-state index in [1.165, 1.54) is 22.5 Å². The van der Waals surface area contributed by atoms with Crippen LogP contribution in [0.1, 0.15) is 23.6 Å². The van der Waals surface area contributed by atoms with Crippen LogP contribution in [-0.2, 0) is 4.84 Å². The summed E-state index contributed by atoms with van der Waals surface area (Å²) in [5.41, 5.74) is 12.1. The fraction of sp³-hybridized carbons (Fsp3) is 0.182. The molecule has 1 aliphatic heterocycles. The topological polar surface area (TPSA) is 64.3 Å². The highest BCUT2D eigenvalue weighted by atomic mass is 32.1. The van der Waals surface area contributed by atoms with Crippen LogP contribution < -0.4 is 10.8 Å². The molecule has 1 fully saturated rings. The Balaban J connectivity index is 1.55. The average Bonchev–Trinajstić information content (AvgIpc) is 3.34. The van der Waals surface area contributed by atoms with Crippen molar-refractivity contribution >= 4 is 32.5 Å². The van der Waals surface area contributed by atoms with Gasteiger partial charge in [0.15, 0.2) is 5.13 Å². The van der Waals surface area contributed by atoms with Crippen LogP contribution in [0.25, 0.3) is 21.6 Å². The zero-order valence-corrected chi connectivity index (χ0v) is 16.3. The van der Waals surface area contributed by atoms with E-state index in [0.29, 0.717) is 11.7 Å². The van der Waals surface area contributed by atoms with Crippen LogP contribution in [0.15, 0.2) is 60.7 Å². The molecular weight excluding hydrogens is 368 g/mol. The molecule has 1 atom stereocenters. The van der Waals surface area contributed by atoms with Gasteiger partial charge in [0, 0.05) is 12.0 Å². The highest BCUT2D eigenvalue weighted by Crippen LogP contribution is 2.38. The molecule has 28 heavy (non-hydrogen) atoms. The molecule has 1 aliphatic rings. The smallest absolute Gasteiger partial charge is 0.182 e. The molecule has 4 aromatic rings. The van der Waals surface area contributed by atoms with E-state index in [1.807, 2.05) is 18.2 Å². The molecule has 3 heterocycles. The second-order valence-corrected chi connectivity index (χ2v) is 7.96. The number of nitrogen functional groups attached to an aromatic ring is 1. The average molecular weight is 388 g/mol. The van der Waals surface area contributed by atoms with Crippen molar-refractivity contribution in [1.29, 1.82) is 0 Å². The molecule has 2 aromatic heterocycles. The van der Waals surface area contributed by atoms with Gasteiger partial charge in [0.05, 0.1) is 24.0 Å². The largest absolute Gasteiger partial charge is 0.375 e. The molecule has 0 bridgehead atoms. The van der Waals surface area contributed by atoms with Crippen molar-refractivity contribution in [2.75, 3.05) is 17.4 Å². The SMILES string of the molecule is Cc1ccc(-c2ccc3nc(N)sc3n2)cc1N1OCC[C@H]1c1ccccc1. The Morgan fingerprint density at radius 3 is 2.79 bits per heavy atom. The normalized spacial score (nSPS) is 16.8. The molecule has 6 heteroatoms. The summed E-state index contributed by atoms with van der Waals surface area (Å²) in [4.78, 5) is 15.9. The van der Waals surface area contributed by atoms with Crippen molar-refractivity contribution in [2.45, 2.75) is 19.4 Å². The van der Waals surface area contributed by atoms with Gasteiger partial charge in [-0.15, -0.1) is 0 Å². The predicted octanol–water partition coefficient (Wildman–Crippen LogP) is 5.13. The maximum absolute atomic E-state index is 6.04. The number of anilines is 2. The minimum Gasteiger partial charge on any atom is -0.375 e. The van der Waals surface area contributed by atoms with Crippen LogP contribution in [-0.4, -0.2) is 16.6 Å². The molecule has 2 N–H and O–H groups in total. The maximum atomic E-state index is 6.04. The van der Waals surface area contributed by atoms with Crippen molar-refractivity contribution in [1.82, 2.24) is 9.97 Å². The van der Waals surface area contributed by atoms with Crippen LogP contribution in [0, 0.1) is 6.92 Å². The van der Waals surface area contributed by atoms with E-state index in [2.05, 4.69) is 59.4 Å². The van der Waals surface area contributed by atoms with Crippen LogP contribution in [0.2, 0.25) is 0 Å². The lowest BCUT2D eigenvalue weighted by molar-refractivity contribution is 0.158. The first-order valence-electron chi connectivity index (χ1n) is 9.30. The fourth-order valence-corrected chi connectivity index (χ4v) is 4.39. The Labute approximate surface area is 167 Å². The van der Waals surface area contributed by atoms with Gasteiger partial charge in [-0.25, -0.2) is 15.0 Å². The quantitative estimate of drug-likeness (QED) is 0.527. The predicted molar refractivity (Wildman–Crippen MR) is 114 cm³/mol. The van der Waals surface area contributed by atoms with Gasteiger partial charge >= 0.3 is 0 Å². The number of nitrogens with two attached hydrogens (primary N) is 1. The molecule has 5 nitrogen and oxygen atoms in total. The van der Waals surface area contributed by atoms with Crippen molar-refractivity contribution in [3.05, 3.63) is 71.8 Å². The molecule has 1 saturated heterocycles. The van der Waals surface area contributed by atoms with Crippen molar-refractivity contribution in [3.8, 4) is 11.3 Å². The minimum absolute atomic E-state index is 0.215. The van der Waals surface area contributed by atoms with Crippen LogP contribution >= 0.6 is 11.3 Å². The number of hydroxylamine groups is 1. The minimum atomic E-state index is 0.215. The molecule has 0 unspecified atom stereocenters. The first kappa shape index (κ1) is 17.2. The Kier molecular flexibility index (Phi) is 4.22. The van der Waals surface area contributed by atoms with E-state index in [0.717, 1.165) is 33.7 Å². The summed E-state index contributed by atoms with van der Waals surface area (Å²) < 4.78 is 0. The number of fused-ring (bicyclic) bond motifs is 1. The Morgan fingerprint density at radius 2 is 1.93 bits per heavy atom. The summed E-state index contributed by atoms with van der Waals surface area (Å²) in [6, 6.07) is 21.1. The Bertz CT molecular complexity index is 1140. The monoisotopic (exact) mass is 388 g/mol. The molecule has 0 radical (unpaired) electrons. The van der Waals surface area contributed by atoms with Crippen LogP contribution in [0.3, 0.4) is 0 Å². The molecule has 5 rings (SSSR count). The van der Waals surface area contributed by atoms with E-state index in [-0.39, 0.29) is 6.04 Å². The van der Waals surface area contributed by atoms with Gasteiger partial charge in [-0.3, -0.25) is 4.84 Å². The number of hydrogen-bond acceptors (Lipinski definition) is 6. The summed E-state index contributed by atoms with van der Waals surface area (Å²) >= 11 is 1.41. The van der Waals surface area contributed by atoms with Gasteiger partial charge in [0.2, 0.25) is 0 Å². The first-order chi connectivity index (χ1) is 13.7. The molecule has 0 spiro atoms. The lowest BCUT2D eigenvalue weighted by Gasteiger charge is -2.27. The Morgan fingerprint density at radius 1 is 1.07 bits per heavy atom. The zero-order valence-electron chi connectivity index (χ0n) is 15.5. The molecule has 0 aliphatic carbocycles. The third-order valence-electron chi connectivity index (χ3n) is 5.10.